The zero-order chi connectivity index (χ0) is 14.5. The van der Waals surface area contributed by atoms with Crippen molar-refractivity contribution in [2.75, 3.05) is 18.9 Å². The van der Waals surface area contributed by atoms with Crippen LogP contribution in [-0.4, -0.2) is 29.5 Å². The third kappa shape index (κ3) is 3.48. The summed E-state index contributed by atoms with van der Waals surface area (Å²) in [5.41, 5.74) is 2.20. The van der Waals surface area contributed by atoms with Gasteiger partial charge in [0.1, 0.15) is 0 Å². The van der Waals surface area contributed by atoms with Crippen LogP contribution in [0.5, 0.6) is 0 Å². The van der Waals surface area contributed by atoms with Crippen LogP contribution < -0.4 is 5.32 Å². The molecule has 0 spiro atoms. The number of nitrogens with one attached hydrogen (secondary N) is 1. The highest BCUT2D eigenvalue weighted by Gasteiger charge is 2.23. The third-order valence-electron chi connectivity index (χ3n) is 3.98. The van der Waals surface area contributed by atoms with E-state index in [2.05, 4.69) is 24.2 Å². The quantitative estimate of drug-likeness (QED) is 0.613. The van der Waals surface area contributed by atoms with Crippen LogP contribution in [0.4, 0.5) is 11.4 Å². The molecule has 1 fully saturated rings. The van der Waals surface area contributed by atoms with Crippen LogP contribution in [0.25, 0.3) is 0 Å². The lowest BCUT2D eigenvalue weighted by Crippen LogP contribution is -2.36. The van der Waals surface area contributed by atoms with Gasteiger partial charge in [0.25, 0.3) is 5.69 Å². The molecule has 5 heteroatoms. The Balaban J connectivity index is 2.16. The van der Waals surface area contributed by atoms with Crippen molar-refractivity contribution in [2.24, 2.45) is 0 Å². The summed E-state index contributed by atoms with van der Waals surface area (Å²) in [5, 5.41) is 14.3. The zero-order valence-electron chi connectivity index (χ0n) is 12.3. The van der Waals surface area contributed by atoms with E-state index in [-0.39, 0.29) is 10.6 Å². The van der Waals surface area contributed by atoms with E-state index in [9.17, 15) is 10.1 Å². The van der Waals surface area contributed by atoms with Crippen LogP contribution >= 0.6 is 0 Å². The molecule has 0 atom stereocenters. The van der Waals surface area contributed by atoms with Gasteiger partial charge in [0, 0.05) is 37.0 Å². The molecular weight excluding hydrogens is 254 g/mol. The molecule has 0 unspecified atom stereocenters. The highest BCUT2D eigenvalue weighted by Crippen LogP contribution is 2.28. The number of non-ortho nitro benzene ring substituents is 1. The Labute approximate surface area is 120 Å². The maximum Gasteiger partial charge on any atom is 0.269 e. The van der Waals surface area contributed by atoms with Gasteiger partial charge in [-0.1, -0.05) is 13.3 Å². The van der Waals surface area contributed by atoms with Gasteiger partial charge in [-0.25, -0.2) is 0 Å². The monoisotopic (exact) mass is 277 g/mol. The van der Waals surface area contributed by atoms with Crippen molar-refractivity contribution >= 4 is 11.4 Å². The number of hydrogen-bond acceptors (Lipinski definition) is 4. The zero-order valence-corrected chi connectivity index (χ0v) is 12.3. The third-order valence-corrected chi connectivity index (χ3v) is 3.98. The molecular formula is C15H23N3O2. The average molecular weight is 277 g/mol. The minimum absolute atomic E-state index is 0.170. The number of nitro groups is 1. The van der Waals surface area contributed by atoms with Crippen molar-refractivity contribution in [3.63, 3.8) is 0 Å². The molecule has 1 aromatic carbocycles. The second kappa shape index (κ2) is 6.70. The molecule has 1 N–H and O–H groups in total. The van der Waals surface area contributed by atoms with Crippen molar-refractivity contribution in [3.8, 4) is 0 Å². The summed E-state index contributed by atoms with van der Waals surface area (Å²) in [4.78, 5) is 12.9. The van der Waals surface area contributed by atoms with Gasteiger partial charge in [0.05, 0.1) is 4.92 Å². The van der Waals surface area contributed by atoms with E-state index in [1.165, 1.54) is 19.3 Å². The number of anilines is 1. The molecule has 0 aliphatic heterocycles. The molecule has 20 heavy (non-hydrogen) atoms. The van der Waals surface area contributed by atoms with Crippen LogP contribution in [0, 0.1) is 10.1 Å². The molecule has 0 heterocycles. The van der Waals surface area contributed by atoms with Crippen molar-refractivity contribution in [1.29, 1.82) is 0 Å². The summed E-state index contributed by atoms with van der Waals surface area (Å²) >= 11 is 0. The topological polar surface area (TPSA) is 58.4 Å². The summed E-state index contributed by atoms with van der Waals surface area (Å²) in [6.45, 7) is 3.76. The Morgan fingerprint density at radius 2 is 2.20 bits per heavy atom. The summed E-state index contributed by atoms with van der Waals surface area (Å²) in [7, 11) is 2.10. The van der Waals surface area contributed by atoms with Crippen molar-refractivity contribution in [2.45, 2.75) is 45.2 Å². The lowest BCUT2D eigenvalue weighted by atomic mass is 9.91. The van der Waals surface area contributed by atoms with Gasteiger partial charge in [0.2, 0.25) is 0 Å². The Morgan fingerprint density at radius 1 is 1.45 bits per heavy atom. The van der Waals surface area contributed by atoms with Crippen molar-refractivity contribution in [3.05, 3.63) is 33.9 Å². The first kappa shape index (κ1) is 14.8. The van der Waals surface area contributed by atoms with E-state index in [0.717, 1.165) is 30.8 Å². The molecule has 1 aliphatic carbocycles. The van der Waals surface area contributed by atoms with E-state index < -0.39 is 0 Å². The smallest absolute Gasteiger partial charge is 0.269 e. The lowest BCUT2D eigenvalue weighted by Gasteiger charge is -2.35. The molecule has 0 radical (unpaired) electrons. The first-order valence-electron chi connectivity index (χ1n) is 7.33. The summed E-state index contributed by atoms with van der Waals surface area (Å²) in [5.74, 6) is 0. The Morgan fingerprint density at radius 3 is 2.75 bits per heavy atom. The molecule has 0 amide bonds. The predicted octanol–water partition coefficient (Wildman–Crippen LogP) is 3.40. The van der Waals surface area contributed by atoms with Gasteiger partial charge in [-0.3, -0.25) is 15.0 Å². The normalized spacial score (nSPS) is 15.2. The van der Waals surface area contributed by atoms with E-state index in [0.29, 0.717) is 6.04 Å². The molecule has 0 bridgehead atoms. The minimum atomic E-state index is -0.323. The number of rotatable bonds is 7. The molecule has 1 aromatic rings. The van der Waals surface area contributed by atoms with Gasteiger partial charge in [0.15, 0.2) is 0 Å². The Bertz CT molecular complexity index is 472. The number of benzene rings is 1. The fourth-order valence-corrected chi connectivity index (χ4v) is 2.48. The van der Waals surface area contributed by atoms with Gasteiger partial charge in [-0.05, 0) is 37.9 Å². The average Bonchev–Trinajstić information content (AvgIpc) is 2.34. The number of hydrogen-bond donors (Lipinski definition) is 1. The largest absolute Gasteiger partial charge is 0.385 e. The van der Waals surface area contributed by atoms with Crippen LogP contribution in [0.1, 0.15) is 38.2 Å². The molecule has 1 aliphatic rings. The summed E-state index contributed by atoms with van der Waals surface area (Å²) in [6, 6.07) is 5.74. The van der Waals surface area contributed by atoms with E-state index in [4.69, 9.17) is 0 Å². The standard InChI is InChI=1S/C15H23N3O2/c1-3-9-16-15-8-7-14(18(19)20)10-12(15)11-17(2)13-5-4-6-13/h7-8,10,13,16H,3-6,9,11H2,1-2H3. The van der Waals surface area contributed by atoms with Crippen LogP contribution in [-0.2, 0) is 6.54 Å². The first-order valence-corrected chi connectivity index (χ1v) is 7.33. The fourth-order valence-electron chi connectivity index (χ4n) is 2.48. The highest BCUT2D eigenvalue weighted by atomic mass is 16.6. The number of nitrogens with zero attached hydrogens (tertiary/aromatic N) is 2. The fraction of sp³-hybridized carbons (Fsp3) is 0.600. The van der Waals surface area contributed by atoms with Gasteiger partial charge < -0.3 is 5.32 Å². The van der Waals surface area contributed by atoms with Crippen LogP contribution in [0.15, 0.2) is 18.2 Å². The molecule has 0 saturated heterocycles. The van der Waals surface area contributed by atoms with Gasteiger partial charge >= 0.3 is 0 Å². The Hall–Kier alpha value is -1.62. The van der Waals surface area contributed by atoms with Crippen LogP contribution in [0.3, 0.4) is 0 Å². The predicted molar refractivity (Wildman–Crippen MR) is 81.0 cm³/mol. The molecule has 0 aromatic heterocycles. The van der Waals surface area contributed by atoms with Crippen LogP contribution in [0.2, 0.25) is 0 Å². The number of nitro benzene ring substituents is 1. The second-order valence-electron chi connectivity index (χ2n) is 5.53. The van der Waals surface area contributed by atoms with Gasteiger partial charge in [-0.15, -0.1) is 0 Å². The Kier molecular flexibility index (Phi) is 4.95. The molecule has 1 saturated carbocycles. The van der Waals surface area contributed by atoms with E-state index in [1.807, 2.05) is 6.07 Å². The van der Waals surface area contributed by atoms with E-state index >= 15 is 0 Å². The maximum atomic E-state index is 10.9. The lowest BCUT2D eigenvalue weighted by molar-refractivity contribution is -0.384. The van der Waals surface area contributed by atoms with E-state index in [1.54, 1.807) is 12.1 Å². The first-order chi connectivity index (χ1) is 9.61. The maximum absolute atomic E-state index is 10.9. The molecule has 5 nitrogen and oxygen atoms in total. The van der Waals surface area contributed by atoms with Crippen molar-refractivity contribution < 1.29 is 4.92 Å². The minimum Gasteiger partial charge on any atom is -0.385 e. The highest BCUT2D eigenvalue weighted by molar-refractivity contribution is 5.56. The second-order valence-corrected chi connectivity index (χ2v) is 5.53. The van der Waals surface area contributed by atoms with Gasteiger partial charge in [-0.2, -0.15) is 0 Å². The molecule has 2 rings (SSSR count). The van der Waals surface area contributed by atoms with Crippen molar-refractivity contribution in [1.82, 2.24) is 4.90 Å². The summed E-state index contributed by atoms with van der Waals surface area (Å²) in [6.07, 6.45) is 4.81. The summed E-state index contributed by atoms with van der Waals surface area (Å²) < 4.78 is 0. The molecule has 110 valence electrons. The SMILES string of the molecule is CCCNc1ccc([N+](=O)[O-])cc1CN(C)C1CCC1.